The number of carbonyl (C=O) groups is 1. The Kier molecular flexibility index (Phi) is 4.87. The summed E-state index contributed by atoms with van der Waals surface area (Å²) in [5.41, 5.74) is 3.68. The molecule has 24 heavy (non-hydrogen) atoms. The van der Waals surface area contributed by atoms with Crippen LogP contribution in [0.25, 0.3) is 10.9 Å². The van der Waals surface area contributed by atoms with Crippen LogP contribution >= 0.6 is 0 Å². The molecule has 1 aromatic heterocycles. The minimum absolute atomic E-state index is 0.146. The summed E-state index contributed by atoms with van der Waals surface area (Å²) in [4.78, 5) is 18.2. The zero-order valence-corrected chi connectivity index (χ0v) is 14.0. The molecule has 122 valence electrons. The highest BCUT2D eigenvalue weighted by Crippen LogP contribution is 2.12. The Morgan fingerprint density at radius 2 is 1.67 bits per heavy atom. The van der Waals surface area contributed by atoms with Gasteiger partial charge in [0.1, 0.15) is 12.2 Å². The molecular weight excluding hydrogens is 298 g/mol. The van der Waals surface area contributed by atoms with Gasteiger partial charge in [-0.15, -0.1) is 0 Å². The lowest BCUT2D eigenvalue weighted by atomic mass is 10.1. The molecule has 0 saturated carbocycles. The molecular formula is C20H22N3O+. The van der Waals surface area contributed by atoms with Gasteiger partial charge in [0.15, 0.2) is 0 Å². The first-order valence-corrected chi connectivity index (χ1v) is 8.13. The highest BCUT2D eigenvalue weighted by Gasteiger charge is 2.10. The molecule has 0 spiro atoms. The van der Waals surface area contributed by atoms with Crippen molar-refractivity contribution in [1.29, 1.82) is 0 Å². The monoisotopic (exact) mass is 320 g/mol. The van der Waals surface area contributed by atoms with E-state index in [1.807, 2.05) is 42.5 Å². The van der Waals surface area contributed by atoms with E-state index in [1.54, 1.807) is 6.07 Å². The number of nitrogens with one attached hydrogen (secondary N) is 2. The van der Waals surface area contributed by atoms with Crippen molar-refractivity contribution in [1.82, 2.24) is 10.3 Å². The van der Waals surface area contributed by atoms with Crippen LogP contribution in [0.4, 0.5) is 0 Å². The zero-order chi connectivity index (χ0) is 16.9. The number of benzene rings is 2. The molecule has 1 heterocycles. The van der Waals surface area contributed by atoms with Gasteiger partial charge in [0.05, 0.1) is 19.6 Å². The lowest BCUT2D eigenvalue weighted by Crippen LogP contribution is -3.04. The Hall–Kier alpha value is -2.72. The third-order valence-electron chi connectivity index (χ3n) is 3.93. The molecule has 3 rings (SSSR count). The third kappa shape index (κ3) is 3.78. The van der Waals surface area contributed by atoms with E-state index in [1.165, 1.54) is 10.5 Å². The summed E-state index contributed by atoms with van der Waals surface area (Å²) >= 11 is 0. The van der Waals surface area contributed by atoms with Crippen molar-refractivity contribution in [3.63, 3.8) is 0 Å². The van der Waals surface area contributed by atoms with Crippen molar-refractivity contribution < 1.29 is 9.69 Å². The van der Waals surface area contributed by atoms with E-state index in [0.29, 0.717) is 12.2 Å². The standard InChI is InChI=1S/C20H21N3O/c1-23(2)14-17-9-4-3-8-16(17)13-21-20(24)19-12-11-15-7-5-6-10-18(15)22-19/h3-12H,13-14H2,1-2H3,(H,21,24)/p+1. The molecule has 3 aromatic rings. The molecule has 0 aliphatic carbocycles. The Bertz CT molecular complexity index is 858. The Morgan fingerprint density at radius 1 is 0.958 bits per heavy atom. The van der Waals surface area contributed by atoms with E-state index >= 15 is 0 Å². The minimum atomic E-state index is -0.146. The van der Waals surface area contributed by atoms with Crippen LogP contribution in [0.1, 0.15) is 21.6 Å². The van der Waals surface area contributed by atoms with Gasteiger partial charge >= 0.3 is 0 Å². The van der Waals surface area contributed by atoms with E-state index in [2.05, 4.69) is 36.5 Å². The lowest BCUT2D eigenvalue weighted by Gasteiger charge is -2.13. The van der Waals surface area contributed by atoms with Gasteiger partial charge in [0, 0.05) is 17.5 Å². The molecule has 2 aromatic carbocycles. The molecule has 0 radical (unpaired) electrons. The normalized spacial score (nSPS) is 11.0. The van der Waals surface area contributed by atoms with Crippen molar-refractivity contribution in [2.75, 3.05) is 14.1 Å². The van der Waals surface area contributed by atoms with E-state index < -0.39 is 0 Å². The number of rotatable bonds is 5. The van der Waals surface area contributed by atoms with Crippen LogP contribution < -0.4 is 10.2 Å². The van der Waals surface area contributed by atoms with Gasteiger partial charge in [-0.05, 0) is 17.7 Å². The van der Waals surface area contributed by atoms with E-state index in [-0.39, 0.29) is 5.91 Å². The second kappa shape index (κ2) is 7.23. The van der Waals surface area contributed by atoms with Crippen molar-refractivity contribution >= 4 is 16.8 Å². The quantitative estimate of drug-likeness (QED) is 0.753. The number of fused-ring (bicyclic) bond motifs is 1. The summed E-state index contributed by atoms with van der Waals surface area (Å²) in [7, 11) is 4.24. The van der Waals surface area contributed by atoms with Gasteiger partial charge in [-0.3, -0.25) is 4.79 Å². The maximum absolute atomic E-state index is 12.4. The molecule has 0 unspecified atom stereocenters. The minimum Gasteiger partial charge on any atom is -0.347 e. The summed E-state index contributed by atoms with van der Waals surface area (Å²) in [5, 5.41) is 4.02. The van der Waals surface area contributed by atoms with Crippen molar-refractivity contribution in [3.05, 3.63) is 77.5 Å². The summed E-state index contributed by atoms with van der Waals surface area (Å²) < 4.78 is 0. The molecule has 4 nitrogen and oxygen atoms in total. The third-order valence-corrected chi connectivity index (χ3v) is 3.93. The summed E-state index contributed by atoms with van der Waals surface area (Å²) in [6, 6.07) is 19.7. The van der Waals surface area contributed by atoms with Gasteiger partial charge in [-0.2, -0.15) is 0 Å². The average molecular weight is 320 g/mol. The predicted octanol–water partition coefficient (Wildman–Crippen LogP) is 1.81. The zero-order valence-electron chi connectivity index (χ0n) is 14.0. The smallest absolute Gasteiger partial charge is 0.270 e. The maximum Gasteiger partial charge on any atom is 0.270 e. The number of pyridine rings is 1. The molecule has 1 amide bonds. The van der Waals surface area contributed by atoms with Crippen LogP contribution in [0.3, 0.4) is 0 Å². The molecule has 0 atom stereocenters. The highest BCUT2D eigenvalue weighted by molar-refractivity contribution is 5.94. The predicted molar refractivity (Wildman–Crippen MR) is 95.9 cm³/mol. The van der Waals surface area contributed by atoms with E-state index in [9.17, 15) is 4.79 Å². The van der Waals surface area contributed by atoms with E-state index in [0.717, 1.165) is 23.0 Å². The fraction of sp³-hybridized carbons (Fsp3) is 0.200. The van der Waals surface area contributed by atoms with Crippen molar-refractivity contribution in [2.45, 2.75) is 13.1 Å². The second-order valence-corrected chi connectivity index (χ2v) is 6.22. The number of carbonyl (C=O) groups excluding carboxylic acids is 1. The summed E-state index contributed by atoms with van der Waals surface area (Å²) in [6.07, 6.45) is 0. The first-order valence-electron chi connectivity index (χ1n) is 8.13. The van der Waals surface area contributed by atoms with Gasteiger partial charge in [-0.25, -0.2) is 4.98 Å². The fourth-order valence-corrected chi connectivity index (χ4v) is 2.74. The molecule has 0 saturated heterocycles. The van der Waals surface area contributed by atoms with Crippen LogP contribution in [0.5, 0.6) is 0 Å². The SMILES string of the molecule is C[NH+](C)Cc1ccccc1CNC(=O)c1ccc2ccccc2n1. The van der Waals surface area contributed by atoms with Crippen LogP contribution in [-0.4, -0.2) is 25.0 Å². The van der Waals surface area contributed by atoms with Crippen LogP contribution in [0.2, 0.25) is 0 Å². The molecule has 0 bridgehead atoms. The van der Waals surface area contributed by atoms with Gasteiger partial charge in [0.2, 0.25) is 0 Å². The van der Waals surface area contributed by atoms with Crippen molar-refractivity contribution in [2.24, 2.45) is 0 Å². The average Bonchev–Trinajstić information content (AvgIpc) is 2.60. The number of aromatic nitrogens is 1. The topological polar surface area (TPSA) is 46.4 Å². The Labute approximate surface area is 142 Å². The van der Waals surface area contributed by atoms with Gasteiger partial charge in [0.25, 0.3) is 5.91 Å². The Balaban J connectivity index is 1.73. The van der Waals surface area contributed by atoms with Crippen LogP contribution in [0, 0.1) is 0 Å². The fourth-order valence-electron chi connectivity index (χ4n) is 2.74. The number of hydrogen-bond donors (Lipinski definition) is 2. The van der Waals surface area contributed by atoms with Crippen LogP contribution in [-0.2, 0) is 13.1 Å². The number of hydrogen-bond acceptors (Lipinski definition) is 2. The number of quaternary nitrogens is 1. The molecule has 0 aliphatic heterocycles. The number of amides is 1. The molecule has 2 N–H and O–H groups in total. The van der Waals surface area contributed by atoms with E-state index in [4.69, 9.17) is 0 Å². The van der Waals surface area contributed by atoms with Gasteiger partial charge in [-0.1, -0.05) is 48.5 Å². The Morgan fingerprint density at radius 3 is 2.46 bits per heavy atom. The highest BCUT2D eigenvalue weighted by atomic mass is 16.1. The number of para-hydroxylation sites is 1. The molecule has 0 aliphatic rings. The molecule has 4 heteroatoms. The van der Waals surface area contributed by atoms with Gasteiger partial charge < -0.3 is 10.2 Å². The summed E-state index contributed by atoms with van der Waals surface area (Å²) in [5.74, 6) is -0.146. The largest absolute Gasteiger partial charge is 0.347 e. The summed E-state index contributed by atoms with van der Waals surface area (Å²) in [6.45, 7) is 1.44. The first kappa shape index (κ1) is 16.1. The maximum atomic E-state index is 12.4. The lowest BCUT2D eigenvalue weighted by molar-refractivity contribution is -0.872. The van der Waals surface area contributed by atoms with Crippen molar-refractivity contribution in [3.8, 4) is 0 Å². The molecule has 0 fully saturated rings. The number of nitrogens with zero attached hydrogens (tertiary/aromatic N) is 1. The second-order valence-electron chi connectivity index (χ2n) is 6.22. The first-order chi connectivity index (χ1) is 11.6. The van der Waals surface area contributed by atoms with Crippen LogP contribution in [0.15, 0.2) is 60.7 Å².